The van der Waals surface area contributed by atoms with Crippen LogP contribution in [-0.4, -0.2) is 45.4 Å². The van der Waals surface area contributed by atoms with E-state index in [-0.39, 0.29) is 23.5 Å². The maximum absolute atomic E-state index is 12.8. The lowest BCUT2D eigenvalue weighted by molar-refractivity contribution is 0.000191. The van der Waals surface area contributed by atoms with Crippen LogP contribution in [0.4, 0.5) is 0 Å². The number of carbonyl (C=O) groups is 1. The van der Waals surface area contributed by atoms with Gasteiger partial charge in [-0.25, -0.2) is 5.48 Å². The molecule has 0 saturated heterocycles. The monoisotopic (exact) mass is 516 g/mol. The van der Waals surface area contributed by atoms with Gasteiger partial charge in [0, 0.05) is 31.0 Å². The smallest absolute Gasteiger partial charge is 0.282 e. The first-order valence-electron chi connectivity index (χ1n) is 12.4. The van der Waals surface area contributed by atoms with Crippen LogP contribution in [0.3, 0.4) is 0 Å². The maximum Gasteiger partial charge on any atom is 0.282 e. The molecule has 0 aliphatic carbocycles. The first kappa shape index (κ1) is 26.6. The van der Waals surface area contributed by atoms with Crippen molar-refractivity contribution in [3.05, 3.63) is 82.4 Å². The Labute approximate surface area is 219 Å². The number of amides is 1. The summed E-state index contributed by atoms with van der Waals surface area (Å²) in [4.78, 5) is 37.5. The van der Waals surface area contributed by atoms with Crippen molar-refractivity contribution in [1.82, 2.24) is 30.5 Å². The number of fused-ring (bicyclic) bond motifs is 1. The van der Waals surface area contributed by atoms with Gasteiger partial charge >= 0.3 is 0 Å². The molecule has 2 aromatic heterocycles. The number of nitrogens with one attached hydrogen (secondary N) is 5. The minimum absolute atomic E-state index is 0.0204. The SMILES string of the molecule is CC(C)ONC(=O)c1ccc(-c2cn3cc(-c4ccc(CNCCCNC(=N)N)cc4)c(=O)nc3[nH]2)cc1. The van der Waals surface area contributed by atoms with Gasteiger partial charge in [0.05, 0.1) is 17.4 Å². The van der Waals surface area contributed by atoms with Gasteiger partial charge in [-0.1, -0.05) is 36.4 Å². The number of nitrogens with zero attached hydrogens (tertiary/aromatic N) is 2. The summed E-state index contributed by atoms with van der Waals surface area (Å²) in [6.45, 7) is 5.80. The van der Waals surface area contributed by atoms with E-state index in [1.807, 2.05) is 56.4 Å². The molecule has 0 bridgehead atoms. The van der Waals surface area contributed by atoms with Gasteiger partial charge in [0.25, 0.3) is 11.5 Å². The molecule has 0 spiro atoms. The molecule has 0 aliphatic rings. The number of hydroxylamine groups is 1. The molecule has 2 heterocycles. The number of H-pyrrole nitrogens is 1. The normalized spacial score (nSPS) is 11.1. The second-order valence-electron chi connectivity index (χ2n) is 9.10. The molecule has 198 valence electrons. The van der Waals surface area contributed by atoms with E-state index in [9.17, 15) is 9.59 Å². The van der Waals surface area contributed by atoms with Crippen molar-refractivity contribution < 1.29 is 9.63 Å². The zero-order valence-electron chi connectivity index (χ0n) is 21.4. The molecular weight excluding hydrogens is 484 g/mol. The molecule has 0 aliphatic heterocycles. The molecule has 2 aromatic carbocycles. The van der Waals surface area contributed by atoms with Crippen LogP contribution in [0.2, 0.25) is 0 Å². The molecule has 0 radical (unpaired) electrons. The van der Waals surface area contributed by atoms with Gasteiger partial charge in [0.2, 0.25) is 5.78 Å². The summed E-state index contributed by atoms with van der Waals surface area (Å²) in [7, 11) is 0. The van der Waals surface area contributed by atoms with Crippen molar-refractivity contribution >= 4 is 17.6 Å². The highest BCUT2D eigenvalue weighted by Gasteiger charge is 2.11. The second-order valence-corrected chi connectivity index (χ2v) is 9.10. The predicted octanol–water partition coefficient (Wildman–Crippen LogP) is 2.39. The molecule has 0 atom stereocenters. The Morgan fingerprint density at radius 3 is 2.47 bits per heavy atom. The zero-order chi connectivity index (χ0) is 27.1. The number of aromatic nitrogens is 3. The standard InChI is InChI=1S/C27H32N8O3/c1-17(2)38-34-24(36)21-10-8-20(9-11-21)23-16-35-15-22(25(37)33-27(35)32-23)19-6-4-18(5-7-19)14-30-12-3-13-31-26(28)29/h4-11,15-17,30H,3,12-14H2,1-2H3,(H,34,36)(H4,28,29,31)(H,32,33,37). The van der Waals surface area contributed by atoms with E-state index in [0.29, 0.717) is 30.0 Å². The Morgan fingerprint density at radius 1 is 1.08 bits per heavy atom. The third-order valence-corrected chi connectivity index (χ3v) is 5.75. The number of aromatic amines is 1. The van der Waals surface area contributed by atoms with E-state index < -0.39 is 0 Å². The minimum Gasteiger partial charge on any atom is -0.370 e. The Bertz CT molecular complexity index is 1460. The van der Waals surface area contributed by atoms with E-state index in [2.05, 4.69) is 26.1 Å². The Morgan fingerprint density at radius 2 is 1.79 bits per heavy atom. The summed E-state index contributed by atoms with van der Waals surface area (Å²) in [6.07, 6.45) is 4.37. The van der Waals surface area contributed by atoms with E-state index in [0.717, 1.165) is 35.3 Å². The summed E-state index contributed by atoms with van der Waals surface area (Å²) in [5, 5.41) is 13.3. The van der Waals surface area contributed by atoms with Crippen molar-refractivity contribution in [1.29, 1.82) is 5.41 Å². The van der Waals surface area contributed by atoms with E-state index in [1.165, 1.54) is 0 Å². The zero-order valence-corrected chi connectivity index (χ0v) is 21.4. The molecule has 38 heavy (non-hydrogen) atoms. The van der Waals surface area contributed by atoms with Crippen molar-refractivity contribution in [3.8, 4) is 22.4 Å². The first-order valence-corrected chi connectivity index (χ1v) is 12.4. The second kappa shape index (κ2) is 12.2. The summed E-state index contributed by atoms with van der Waals surface area (Å²) in [5.74, 6) is 0.0938. The molecular formula is C27H32N8O3. The fourth-order valence-electron chi connectivity index (χ4n) is 3.80. The lowest BCUT2D eigenvalue weighted by Crippen LogP contribution is -2.32. The number of hydrogen-bond acceptors (Lipinski definition) is 6. The molecule has 4 rings (SSSR count). The molecule has 11 nitrogen and oxygen atoms in total. The number of nitrogens with two attached hydrogens (primary N) is 1. The van der Waals surface area contributed by atoms with Crippen LogP contribution >= 0.6 is 0 Å². The van der Waals surface area contributed by atoms with Crippen LogP contribution in [0.1, 0.15) is 36.2 Å². The van der Waals surface area contributed by atoms with Crippen molar-refractivity contribution in [2.24, 2.45) is 5.73 Å². The Kier molecular flexibility index (Phi) is 8.51. The van der Waals surface area contributed by atoms with E-state index in [1.54, 1.807) is 22.7 Å². The number of hydrogen-bond donors (Lipinski definition) is 6. The van der Waals surface area contributed by atoms with Gasteiger partial charge in [-0.05, 0) is 55.6 Å². The number of benzene rings is 2. The summed E-state index contributed by atoms with van der Waals surface area (Å²) in [5.41, 5.74) is 11.8. The third kappa shape index (κ3) is 6.84. The van der Waals surface area contributed by atoms with Crippen molar-refractivity contribution in [2.45, 2.75) is 32.9 Å². The van der Waals surface area contributed by atoms with Crippen LogP contribution < -0.4 is 27.4 Å². The van der Waals surface area contributed by atoms with Gasteiger partial charge in [0.15, 0.2) is 5.96 Å². The number of guanidine groups is 1. The van der Waals surface area contributed by atoms with Gasteiger partial charge in [0.1, 0.15) is 0 Å². The lowest BCUT2D eigenvalue weighted by atomic mass is 10.1. The molecule has 11 heteroatoms. The van der Waals surface area contributed by atoms with E-state index in [4.69, 9.17) is 16.0 Å². The van der Waals surface area contributed by atoms with Gasteiger partial charge < -0.3 is 21.4 Å². The lowest BCUT2D eigenvalue weighted by Gasteiger charge is -2.08. The highest BCUT2D eigenvalue weighted by atomic mass is 16.7. The first-order chi connectivity index (χ1) is 18.3. The molecule has 1 amide bonds. The van der Waals surface area contributed by atoms with Crippen molar-refractivity contribution in [3.63, 3.8) is 0 Å². The van der Waals surface area contributed by atoms with Gasteiger partial charge in [-0.3, -0.25) is 24.2 Å². The fourth-order valence-corrected chi connectivity index (χ4v) is 3.80. The number of rotatable bonds is 11. The minimum atomic E-state index is -0.320. The largest absolute Gasteiger partial charge is 0.370 e. The van der Waals surface area contributed by atoms with Crippen LogP contribution in [0, 0.1) is 5.41 Å². The number of imidazole rings is 1. The fraction of sp³-hybridized carbons (Fsp3) is 0.259. The average Bonchev–Trinajstić information content (AvgIpc) is 3.32. The molecule has 0 saturated carbocycles. The summed E-state index contributed by atoms with van der Waals surface area (Å²) >= 11 is 0. The van der Waals surface area contributed by atoms with Crippen LogP contribution in [-0.2, 0) is 11.4 Å². The van der Waals surface area contributed by atoms with Crippen LogP contribution in [0.5, 0.6) is 0 Å². The third-order valence-electron chi connectivity index (χ3n) is 5.75. The summed E-state index contributed by atoms with van der Waals surface area (Å²) < 4.78 is 1.79. The number of carbonyl (C=O) groups excluding carboxylic acids is 1. The quantitative estimate of drug-likeness (QED) is 0.0771. The topological polar surface area (TPSA) is 162 Å². The van der Waals surface area contributed by atoms with Crippen LogP contribution in [0.25, 0.3) is 28.2 Å². The van der Waals surface area contributed by atoms with Crippen LogP contribution in [0.15, 0.2) is 65.7 Å². The van der Waals surface area contributed by atoms with Gasteiger partial charge in [-0.2, -0.15) is 4.98 Å². The van der Waals surface area contributed by atoms with E-state index >= 15 is 0 Å². The highest BCUT2D eigenvalue weighted by Crippen LogP contribution is 2.21. The summed E-state index contributed by atoms with van der Waals surface area (Å²) in [6, 6.07) is 14.9. The molecule has 0 fully saturated rings. The molecule has 7 N–H and O–H groups in total. The average molecular weight is 517 g/mol. The Balaban J connectivity index is 1.43. The Hall–Kier alpha value is -4.48. The molecule has 4 aromatic rings. The van der Waals surface area contributed by atoms with Gasteiger partial charge in [-0.15, -0.1) is 0 Å². The van der Waals surface area contributed by atoms with Crippen molar-refractivity contribution in [2.75, 3.05) is 13.1 Å². The maximum atomic E-state index is 12.8. The highest BCUT2D eigenvalue weighted by molar-refractivity contribution is 5.93. The molecule has 0 unspecified atom stereocenters. The predicted molar refractivity (Wildman–Crippen MR) is 147 cm³/mol.